The molecule has 0 amide bonds. The summed E-state index contributed by atoms with van der Waals surface area (Å²) < 4.78 is 0.339. The maximum absolute atomic E-state index is 10.5. The van der Waals surface area contributed by atoms with E-state index >= 15 is 0 Å². The van der Waals surface area contributed by atoms with Crippen LogP contribution in [-0.2, 0) is 0 Å². The number of benzene rings is 1. The molecule has 70 valence electrons. The van der Waals surface area contributed by atoms with E-state index in [-0.39, 0.29) is 11.4 Å². The summed E-state index contributed by atoms with van der Waals surface area (Å²) in [5.74, 6) is -0.331. The predicted molar refractivity (Wildman–Crippen MR) is 54.2 cm³/mol. The van der Waals surface area contributed by atoms with E-state index in [1.54, 1.807) is 6.07 Å². The maximum atomic E-state index is 10.5. The number of nitrogens with zero attached hydrogens (tertiary/aromatic N) is 1. The van der Waals surface area contributed by atoms with Crippen LogP contribution >= 0.6 is 27.7 Å². The summed E-state index contributed by atoms with van der Waals surface area (Å²) >= 11 is 4.42. The highest BCUT2D eigenvalue weighted by Gasteiger charge is 2.17. The van der Waals surface area contributed by atoms with Gasteiger partial charge in [-0.05, 0) is 28.3 Å². The van der Waals surface area contributed by atoms with Gasteiger partial charge in [0.25, 0.3) is 0 Å². The number of nitro benzene ring substituents is 1. The summed E-state index contributed by atoms with van der Waals surface area (Å²) in [5, 5.41) is 19.7. The summed E-state index contributed by atoms with van der Waals surface area (Å²) in [6.07, 6.45) is 1.81. The van der Waals surface area contributed by atoms with Gasteiger partial charge in [-0.15, -0.1) is 11.8 Å². The second kappa shape index (κ2) is 3.97. The smallest absolute Gasteiger partial charge is 0.313 e. The van der Waals surface area contributed by atoms with Crippen molar-refractivity contribution in [2.75, 3.05) is 6.26 Å². The number of thioether (sulfide) groups is 1. The van der Waals surface area contributed by atoms with Crippen molar-refractivity contribution < 1.29 is 10.0 Å². The molecule has 0 saturated heterocycles. The molecule has 6 heteroatoms. The molecule has 0 aromatic heterocycles. The number of halogens is 1. The van der Waals surface area contributed by atoms with Gasteiger partial charge in [-0.25, -0.2) is 0 Å². The number of hydrogen-bond acceptors (Lipinski definition) is 4. The van der Waals surface area contributed by atoms with Crippen LogP contribution in [0.1, 0.15) is 0 Å². The van der Waals surface area contributed by atoms with Crippen molar-refractivity contribution in [2.45, 2.75) is 4.90 Å². The van der Waals surface area contributed by atoms with E-state index in [1.165, 1.54) is 17.8 Å². The van der Waals surface area contributed by atoms with Gasteiger partial charge in [0.05, 0.1) is 9.40 Å². The number of phenolic OH excluding ortho intramolecular Hbond substituents is 1. The van der Waals surface area contributed by atoms with Crippen LogP contribution < -0.4 is 0 Å². The summed E-state index contributed by atoms with van der Waals surface area (Å²) in [4.78, 5) is 10.6. The van der Waals surface area contributed by atoms with Gasteiger partial charge in [-0.1, -0.05) is 0 Å². The van der Waals surface area contributed by atoms with Gasteiger partial charge in [0, 0.05) is 11.0 Å². The van der Waals surface area contributed by atoms with Gasteiger partial charge in [0.15, 0.2) is 0 Å². The zero-order valence-electron chi connectivity index (χ0n) is 6.65. The van der Waals surface area contributed by atoms with Gasteiger partial charge in [-0.3, -0.25) is 10.1 Å². The Bertz CT molecular complexity index is 356. The van der Waals surface area contributed by atoms with Gasteiger partial charge in [-0.2, -0.15) is 0 Å². The molecule has 1 aromatic rings. The summed E-state index contributed by atoms with van der Waals surface area (Å²) in [5.41, 5.74) is -0.279. The standard InChI is InChI=1S/C7H6BrNO3S/c1-13-4-2-5(8)7(10)6(3-4)9(11)12/h2-3,10H,1H3. The van der Waals surface area contributed by atoms with Crippen LogP contribution in [0, 0.1) is 10.1 Å². The van der Waals surface area contributed by atoms with E-state index in [1.807, 2.05) is 6.26 Å². The maximum Gasteiger partial charge on any atom is 0.313 e. The van der Waals surface area contributed by atoms with Crippen LogP contribution in [0.2, 0.25) is 0 Å². The molecule has 0 atom stereocenters. The first-order valence-corrected chi connectivity index (χ1v) is 5.29. The molecule has 0 aliphatic heterocycles. The minimum Gasteiger partial charge on any atom is -0.501 e. The van der Waals surface area contributed by atoms with Gasteiger partial charge in [0.2, 0.25) is 5.75 Å². The van der Waals surface area contributed by atoms with Gasteiger partial charge < -0.3 is 5.11 Å². The largest absolute Gasteiger partial charge is 0.501 e. The molecule has 0 aliphatic rings. The second-order valence-corrected chi connectivity index (χ2v) is 3.97. The zero-order chi connectivity index (χ0) is 10.0. The van der Waals surface area contributed by atoms with Crippen LogP contribution in [0.3, 0.4) is 0 Å². The van der Waals surface area contributed by atoms with Crippen molar-refractivity contribution in [3.63, 3.8) is 0 Å². The molecule has 0 radical (unpaired) electrons. The van der Waals surface area contributed by atoms with Gasteiger partial charge in [0.1, 0.15) is 0 Å². The number of hydrogen-bond donors (Lipinski definition) is 1. The fourth-order valence-electron chi connectivity index (χ4n) is 0.817. The van der Waals surface area contributed by atoms with Crippen molar-refractivity contribution in [3.8, 4) is 5.75 Å². The lowest BCUT2D eigenvalue weighted by Crippen LogP contribution is -1.89. The average molecular weight is 264 g/mol. The van der Waals surface area contributed by atoms with Crippen molar-refractivity contribution in [1.82, 2.24) is 0 Å². The van der Waals surface area contributed by atoms with E-state index in [0.29, 0.717) is 4.47 Å². The topological polar surface area (TPSA) is 63.4 Å². The van der Waals surface area contributed by atoms with E-state index in [9.17, 15) is 15.2 Å². The molecule has 0 saturated carbocycles. The zero-order valence-corrected chi connectivity index (χ0v) is 9.05. The number of nitro groups is 1. The van der Waals surface area contributed by atoms with E-state index in [2.05, 4.69) is 15.9 Å². The van der Waals surface area contributed by atoms with E-state index in [0.717, 1.165) is 4.90 Å². The van der Waals surface area contributed by atoms with Crippen LogP contribution in [0.15, 0.2) is 21.5 Å². The highest BCUT2D eigenvalue weighted by molar-refractivity contribution is 9.10. The lowest BCUT2D eigenvalue weighted by atomic mass is 10.3. The van der Waals surface area contributed by atoms with Crippen LogP contribution in [0.5, 0.6) is 5.75 Å². The number of rotatable bonds is 2. The minimum atomic E-state index is -0.611. The van der Waals surface area contributed by atoms with Crippen LogP contribution in [0.25, 0.3) is 0 Å². The summed E-state index contributed by atoms with van der Waals surface area (Å²) in [6.45, 7) is 0. The SMILES string of the molecule is CSc1cc(Br)c(O)c([N+](=O)[O-])c1. The summed E-state index contributed by atoms with van der Waals surface area (Å²) in [6, 6.07) is 2.97. The lowest BCUT2D eigenvalue weighted by molar-refractivity contribution is -0.386. The lowest BCUT2D eigenvalue weighted by Gasteiger charge is -2.01. The van der Waals surface area contributed by atoms with Crippen molar-refractivity contribution in [1.29, 1.82) is 0 Å². The summed E-state index contributed by atoms with van der Waals surface area (Å²) in [7, 11) is 0. The molecular weight excluding hydrogens is 258 g/mol. The first-order valence-electron chi connectivity index (χ1n) is 3.27. The molecule has 0 fully saturated rings. The molecule has 4 nitrogen and oxygen atoms in total. The third-order valence-electron chi connectivity index (χ3n) is 1.45. The quantitative estimate of drug-likeness (QED) is 0.506. The molecule has 0 heterocycles. The van der Waals surface area contributed by atoms with E-state index in [4.69, 9.17) is 0 Å². The Labute approximate surface area is 87.2 Å². The van der Waals surface area contributed by atoms with Crippen LogP contribution in [0.4, 0.5) is 5.69 Å². The molecule has 0 bridgehead atoms. The molecular formula is C7H6BrNO3S. The molecule has 0 unspecified atom stereocenters. The van der Waals surface area contributed by atoms with Crippen molar-refractivity contribution in [3.05, 3.63) is 26.7 Å². The first-order chi connectivity index (χ1) is 6.06. The Morgan fingerprint density at radius 2 is 2.23 bits per heavy atom. The third kappa shape index (κ3) is 2.13. The molecule has 13 heavy (non-hydrogen) atoms. The Morgan fingerprint density at radius 3 is 2.69 bits per heavy atom. The number of phenols is 1. The minimum absolute atomic E-state index is 0.279. The highest BCUT2D eigenvalue weighted by Crippen LogP contribution is 2.37. The molecule has 0 spiro atoms. The monoisotopic (exact) mass is 263 g/mol. The second-order valence-electron chi connectivity index (χ2n) is 2.23. The fourth-order valence-corrected chi connectivity index (χ4v) is 1.88. The number of aromatic hydroxyl groups is 1. The Morgan fingerprint density at radius 1 is 1.62 bits per heavy atom. The van der Waals surface area contributed by atoms with Crippen LogP contribution in [-0.4, -0.2) is 16.3 Å². The molecule has 0 aliphatic carbocycles. The average Bonchev–Trinajstić information content (AvgIpc) is 2.09. The molecule has 1 N–H and O–H groups in total. The van der Waals surface area contributed by atoms with E-state index < -0.39 is 4.92 Å². The Kier molecular flexibility index (Phi) is 3.16. The Hall–Kier alpha value is -0.750. The molecule has 1 rings (SSSR count). The highest BCUT2D eigenvalue weighted by atomic mass is 79.9. The fraction of sp³-hybridized carbons (Fsp3) is 0.143. The van der Waals surface area contributed by atoms with Gasteiger partial charge >= 0.3 is 5.69 Å². The third-order valence-corrected chi connectivity index (χ3v) is 2.76. The normalized spacial score (nSPS) is 10.0. The predicted octanol–water partition coefficient (Wildman–Crippen LogP) is 2.78. The molecule has 1 aromatic carbocycles. The van der Waals surface area contributed by atoms with Crippen molar-refractivity contribution >= 4 is 33.4 Å². The Balaban J connectivity index is 3.33. The first kappa shape index (κ1) is 10.3. The van der Waals surface area contributed by atoms with Crippen molar-refractivity contribution in [2.24, 2.45) is 0 Å².